The van der Waals surface area contributed by atoms with Gasteiger partial charge in [-0.3, -0.25) is 0 Å². The Kier molecular flexibility index (Phi) is 1.21. The van der Waals surface area contributed by atoms with Crippen molar-refractivity contribution < 1.29 is 5.11 Å². The van der Waals surface area contributed by atoms with Gasteiger partial charge in [0, 0.05) is 5.92 Å². The molecule has 2 saturated carbocycles. The smallest absolute Gasteiger partial charge is 0.0659 e. The summed E-state index contributed by atoms with van der Waals surface area (Å²) < 4.78 is 0. The number of hydrogen-bond donors (Lipinski definition) is 1. The van der Waals surface area contributed by atoms with E-state index in [4.69, 9.17) is 5.26 Å². The molecule has 2 heteroatoms. The van der Waals surface area contributed by atoms with Gasteiger partial charge in [-0.25, -0.2) is 0 Å². The molecule has 54 valence electrons. The van der Waals surface area contributed by atoms with Crippen LogP contribution in [0, 0.1) is 29.1 Å². The minimum absolute atomic E-state index is 0.161. The van der Waals surface area contributed by atoms with Gasteiger partial charge in [0.15, 0.2) is 0 Å². The SMILES string of the molecule is N#C[C@@H]1C[C@H]2C[C@@H]1[C@H](O)C2. The summed E-state index contributed by atoms with van der Waals surface area (Å²) in [5, 5.41) is 18.0. The van der Waals surface area contributed by atoms with Crippen LogP contribution in [-0.2, 0) is 0 Å². The first kappa shape index (κ1) is 6.18. The van der Waals surface area contributed by atoms with Gasteiger partial charge in [-0.15, -0.1) is 0 Å². The second kappa shape index (κ2) is 1.96. The minimum atomic E-state index is -0.164. The zero-order valence-electron chi connectivity index (χ0n) is 5.83. The predicted octanol–water partition coefficient (Wildman–Crippen LogP) is 0.917. The fourth-order valence-corrected chi connectivity index (χ4v) is 2.46. The molecule has 2 bridgehead atoms. The van der Waals surface area contributed by atoms with Crippen LogP contribution in [0.15, 0.2) is 0 Å². The third-order valence-corrected chi connectivity index (χ3v) is 2.94. The van der Waals surface area contributed by atoms with Gasteiger partial charge in [0.2, 0.25) is 0 Å². The Morgan fingerprint density at radius 1 is 1.30 bits per heavy atom. The van der Waals surface area contributed by atoms with Crippen molar-refractivity contribution >= 4 is 0 Å². The quantitative estimate of drug-likeness (QED) is 0.539. The van der Waals surface area contributed by atoms with Gasteiger partial charge in [-0.1, -0.05) is 0 Å². The molecule has 2 fully saturated rings. The first-order chi connectivity index (χ1) is 4.81. The summed E-state index contributed by atoms with van der Waals surface area (Å²) in [6.45, 7) is 0. The van der Waals surface area contributed by atoms with Crippen molar-refractivity contribution in [2.45, 2.75) is 25.4 Å². The number of nitrogens with zero attached hydrogens (tertiary/aromatic N) is 1. The molecule has 0 heterocycles. The normalized spacial score (nSPS) is 51.2. The van der Waals surface area contributed by atoms with Crippen molar-refractivity contribution in [3.8, 4) is 6.07 Å². The fourth-order valence-electron chi connectivity index (χ4n) is 2.46. The van der Waals surface area contributed by atoms with Crippen LogP contribution in [0.5, 0.6) is 0 Å². The molecule has 0 aliphatic heterocycles. The van der Waals surface area contributed by atoms with Crippen LogP contribution in [-0.4, -0.2) is 11.2 Å². The van der Waals surface area contributed by atoms with Crippen molar-refractivity contribution in [1.29, 1.82) is 5.26 Å². The van der Waals surface area contributed by atoms with Gasteiger partial charge in [-0.05, 0) is 25.2 Å². The molecular formula is C8H11NO. The van der Waals surface area contributed by atoms with E-state index in [0.717, 1.165) is 19.3 Å². The van der Waals surface area contributed by atoms with Crippen LogP contribution >= 0.6 is 0 Å². The molecule has 0 unspecified atom stereocenters. The van der Waals surface area contributed by atoms with Crippen LogP contribution in [0.1, 0.15) is 19.3 Å². The molecule has 2 aliphatic carbocycles. The molecule has 0 spiro atoms. The third-order valence-electron chi connectivity index (χ3n) is 2.94. The Bertz CT molecular complexity index is 184. The second-order valence-electron chi connectivity index (χ2n) is 3.54. The maximum atomic E-state index is 9.37. The van der Waals surface area contributed by atoms with E-state index in [1.54, 1.807) is 0 Å². The van der Waals surface area contributed by atoms with Crippen molar-refractivity contribution in [3.05, 3.63) is 0 Å². The average Bonchev–Trinajstić information content (AvgIpc) is 2.44. The molecule has 10 heavy (non-hydrogen) atoms. The molecule has 0 saturated heterocycles. The third kappa shape index (κ3) is 0.674. The van der Waals surface area contributed by atoms with E-state index in [1.807, 2.05) is 0 Å². The molecule has 0 radical (unpaired) electrons. The molecule has 1 N–H and O–H groups in total. The van der Waals surface area contributed by atoms with Gasteiger partial charge >= 0.3 is 0 Å². The monoisotopic (exact) mass is 137 g/mol. The van der Waals surface area contributed by atoms with Gasteiger partial charge in [0.05, 0.1) is 18.1 Å². The predicted molar refractivity (Wildman–Crippen MR) is 35.9 cm³/mol. The molecule has 2 rings (SSSR count). The maximum Gasteiger partial charge on any atom is 0.0659 e. The lowest BCUT2D eigenvalue weighted by molar-refractivity contribution is 0.0960. The first-order valence-electron chi connectivity index (χ1n) is 3.89. The van der Waals surface area contributed by atoms with E-state index in [0.29, 0.717) is 11.8 Å². The van der Waals surface area contributed by atoms with Crippen LogP contribution < -0.4 is 0 Å². The van der Waals surface area contributed by atoms with Crippen molar-refractivity contribution in [2.75, 3.05) is 0 Å². The number of rotatable bonds is 0. The Labute approximate surface area is 60.5 Å². The summed E-state index contributed by atoms with van der Waals surface area (Å²) in [5.74, 6) is 1.13. The topological polar surface area (TPSA) is 44.0 Å². The van der Waals surface area contributed by atoms with Gasteiger partial charge in [-0.2, -0.15) is 5.26 Å². The molecule has 4 atom stereocenters. The summed E-state index contributed by atoms with van der Waals surface area (Å²) in [4.78, 5) is 0. The Morgan fingerprint density at radius 2 is 2.10 bits per heavy atom. The van der Waals surface area contributed by atoms with Gasteiger partial charge < -0.3 is 5.11 Å². The highest BCUT2D eigenvalue weighted by Gasteiger charge is 2.45. The van der Waals surface area contributed by atoms with E-state index < -0.39 is 0 Å². The Balaban J connectivity index is 2.14. The zero-order valence-corrected chi connectivity index (χ0v) is 5.83. The number of hydrogen-bond acceptors (Lipinski definition) is 2. The van der Waals surface area contributed by atoms with Gasteiger partial charge in [0.25, 0.3) is 0 Å². The average molecular weight is 137 g/mol. The van der Waals surface area contributed by atoms with Gasteiger partial charge in [0.1, 0.15) is 0 Å². The van der Waals surface area contributed by atoms with E-state index >= 15 is 0 Å². The van der Waals surface area contributed by atoms with Crippen LogP contribution in [0.3, 0.4) is 0 Å². The molecule has 0 amide bonds. The summed E-state index contributed by atoms with van der Waals surface area (Å²) >= 11 is 0. The summed E-state index contributed by atoms with van der Waals surface area (Å²) in [7, 11) is 0. The highest BCUT2D eigenvalue weighted by atomic mass is 16.3. The lowest BCUT2D eigenvalue weighted by Gasteiger charge is -2.19. The number of aliphatic hydroxyl groups excluding tert-OH is 1. The largest absolute Gasteiger partial charge is 0.393 e. The Morgan fingerprint density at radius 3 is 2.50 bits per heavy atom. The fraction of sp³-hybridized carbons (Fsp3) is 0.875. The van der Waals surface area contributed by atoms with E-state index in [2.05, 4.69) is 6.07 Å². The molecule has 2 aliphatic rings. The number of nitriles is 1. The van der Waals surface area contributed by atoms with E-state index in [9.17, 15) is 5.11 Å². The highest BCUT2D eigenvalue weighted by molar-refractivity contribution is 5.03. The molecule has 0 aromatic heterocycles. The zero-order chi connectivity index (χ0) is 7.14. The van der Waals surface area contributed by atoms with E-state index in [1.165, 1.54) is 0 Å². The van der Waals surface area contributed by atoms with Crippen molar-refractivity contribution in [2.24, 2.45) is 17.8 Å². The van der Waals surface area contributed by atoms with Crippen LogP contribution in [0.2, 0.25) is 0 Å². The number of fused-ring (bicyclic) bond motifs is 2. The summed E-state index contributed by atoms with van der Waals surface area (Å²) in [6, 6.07) is 2.27. The van der Waals surface area contributed by atoms with E-state index in [-0.39, 0.29) is 12.0 Å². The summed E-state index contributed by atoms with van der Waals surface area (Å²) in [5.41, 5.74) is 0. The number of aliphatic hydroxyl groups is 1. The molecule has 0 aromatic rings. The maximum absolute atomic E-state index is 9.37. The standard InChI is InChI=1S/C8H11NO/c9-4-6-1-5-2-7(6)8(10)3-5/h5-8,10H,1-3H2/t5-,6-,7-,8+/m0/s1. The lowest BCUT2D eigenvalue weighted by Crippen LogP contribution is -2.22. The lowest BCUT2D eigenvalue weighted by atomic mass is 9.88. The Hall–Kier alpha value is -0.550. The molecular weight excluding hydrogens is 126 g/mol. The second-order valence-corrected chi connectivity index (χ2v) is 3.54. The highest BCUT2D eigenvalue weighted by Crippen LogP contribution is 2.47. The molecule has 2 nitrogen and oxygen atoms in total. The van der Waals surface area contributed by atoms with Crippen LogP contribution in [0.25, 0.3) is 0 Å². The minimum Gasteiger partial charge on any atom is -0.393 e. The van der Waals surface area contributed by atoms with Crippen molar-refractivity contribution in [1.82, 2.24) is 0 Å². The first-order valence-corrected chi connectivity index (χ1v) is 3.89. The van der Waals surface area contributed by atoms with Crippen LogP contribution in [0.4, 0.5) is 0 Å². The summed E-state index contributed by atoms with van der Waals surface area (Å²) in [6.07, 6.45) is 2.92. The van der Waals surface area contributed by atoms with Crippen molar-refractivity contribution in [3.63, 3.8) is 0 Å². The molecule has 0 aromatic carbocycles.